The summed E-state index contributed by atoms with van der Waals surface area (Å²) in [6.07, 6.45) is 5.82. The fourth-order valence-electron chi connectivity index (χ4n) is 3.84. The standard InChI is InChI=1S/C24H24N4O/c1-3-20-19(16-11-12-16)14-22(25-20)27-23-18-9-4-5-10-21(18)26-24(28-23)29-17-8-6-7-15(2)13-17/h4-10,13-14,16,20H,3,11-12H2,1-2H3,(H,25,26,27,28)/t20-/m0/s1. The predicted molar refractivity (Wildman–Crippen MR) is 117 cm³/mol. The number of rotatable bonds is 5. The summed E-state index contributed by atoms with van der Waals surface area (Å²) in [4.78, 5) is 14.2. The smallest absolute Gasteiger partial charge is 0.324 e. The van der Waals surface area contributed by atoms with Crippen molar-refractivity contribution in [2.24, 2.45) is 10.9 Å². The minimum atomic E-state index is 0.293. The lowest BCUT2D eigenvalue weighted by Crippen LogP contribution is -2.10. The van der Waals surface area contributed by atoms with Gasteiger partial charge in [0.1, 0.15) is 17.4 Å². The van der Waals surface area contributed by atoms with Crippen molar-refractivity contribution in [3.63, 3.8) is 0 Å². The molecular formula is C24H24N4O. The van der Waals surface area contributed by atoms with E-state index in [9.17, 15) is 0 Å². The van der Waals surface area contributed by atoms with Gasteiger partial charge in [0.25, 0.3) is 0 Å². The van der Waals surface area contributed by atoms with Gasteiger partial charge in [0, 0.05) is 5.39 Å². The zero-order valence-corrected chi connectivity index (χ0v) is 16.7. The van der Waals surface area contributed by atoms with Gasteiger partial charge < -0.3 is 10.1 Å². The van der Waals surface area contributed by atoms with Crippen LogP contribution in [-0.4, -0.2) is 21.8 Å². The SMILES string of the molecule is CC[C@@H]1N=C(Nc2nc(Oc3cccc(C)c3)nc3ccccc23)C=C1C1CC1. The largest absolute Gasteiger partial charge is 0.424 e. The summed E-state index contributed by atoms with van der Waals surface area (Å²) in [5, 5.41) is 4.39. The van der Waals surface area contributed by atoms with Crippen LogP contribution in [0.5, 0.6) is 11.8 Å². The zero-order chi connectivity index (χ0) is 19.8. The molecule has 2 heterocycles. The Balaban J connectivity index is 1.49. The van der Waals surface area contributed by atoms with E-state index in [4.69, 9.17) is 9.73 Å². The first-order valence-corrected chi connectivity index (χ1v) is 10.3. The molecule has 2 aromatic carbocycles. The topological polar surface area (TPSA) is 59.4 Å². The Morgan fingerprint density at radius 1 is 1.07 bits per heavy atom. The third-order valence-corrected chi connectivity index (χ3v) is 5.45. The van der Waals surface area contributed by atoms with Crippen LogP contribution < -0.4 is 10.1 Å². The fourth-order valence-corrected chi connectivity index (χ4v) is 3.84. The molecule has 0 bridgehead atoms. The van der Waals surface area contributed by atoms with Gasteiger partial charge in [-0.15, -0.1) is 0 Å². The molecule has 0 radical (unpaired) electrons. The summed E-state index contributed by atoms with van der Waals surface area (Å²) >= 11 is 0. The number of aromatic nitrogens is 2. The van der Waals surface area contributed by atoms with Gasteiger partial charge in [-0.1, -0.05) is 31.2 Å². The van der Waals surface area contributed by atoms with E-state index in [2.05, 4.69) is 28.3 Å². The first kappa shape index (κ1) is 17.9. The van der Waals surface area contributed by atoms with E-state index in [1.165, 1.54) is 18.4 Å². The maximum absolute atomic E-state index is 5.97. The van der Waals surface area contributed by atoms with E-state index in [0.29, 0.717) is 18.0 Å². The van der Waals surface area contributed by atoms with Crippen LogP contribution in [0.25, 0.3) is 10.9 Å². The van der Waals surface area contributed by atoms with Crippen molar-refractivity contribution >= 4 is 22.6 Å². The van der Waals surface area contributed by atoms with Crippen molar-refractivity contribution in [2.45, 2.75) is 39.2 Å². The Bertz CT molecular complexity index is 1130. The highest BCUT2D eigenvalue weighted by Gasteiger charge is 2.33. The Labute approximate surface area is 170 Å². The van der Waals surface area contributed by atoms with Gasteiger partial charge in [-0.3, -0.25) is 4.99 Å². The molecule has 1 aliphatic heterocycles. The van der Waals surface area contributed by atoms with Crippen molar-refractivity contribution in [1.82, 2.24) is 9.97 Å². The van der Waals surface area contributed by atoms with E-state index in [-0.39, 0.29) is 0 Å². The van der Waals surface area contributed by atoms with Crippen LogP contribution >= 0.6 is 0 Å². The van der Waals surface area contributed by atoms with Crippen molar-refractivity contribution in [1.29, 1.82) is 0 Å². The Hall–Kier alpha value is -3.21. The summed E-state index contributed by atoms with van der Waals surface area (Å²) < 4.78 is 5.97. The van der Waals surface area contributed by atoms with Crippen molar-refractivity contribution < 1.29 is 4.74 Å². The van der Waals surface area contributed by atoms with E-state index in [0.717, 1.165) is 40.3 Å². The molecule has 3 aromatic rings. The predicted octanol–water partition coefficient (Wildman–Crippen LogP) is 5.67. The average Bonchev–Trinajstić information content (AvgIpc) is 3.48. The molecular weight excluding hydrogens is 360 g/mol. The first-order chi connectivity index (χ1) is 14.2. The van der Waals surface area contributed by atoms with E-state index >= 15 is 0 Å². The maximum Gasteiger partial charge on any atom is 0.324 e. The second kappa shape index (κ2) is 7.32. The third kappa shape index (κ3) is 3.73. The second-order valence-corrected chi connectivity index (χ2v) is 7.77. The molecule has 29 heavy (non-hydrogen) atoms. The van der Waals surface area contributed by atoms with Crippen LogP contribution in [0.15, 0.2) is 65.2 Å². The molecule has 1 saturated carbocycles. The van der Waals surface area contributed by atoms with E-state index < -0.39 is 0 Å². The van der Waals surface area contributed by atoms with Gasteiger partial charge in [0.05, 0.1) is 11.6 Å². The first-order valence-electron chi connectivity index (χ1n) is 10.3. The number of nitrogens with zero attached hydrogens (tertiary/aromatic N) is 3. The maximum atomic E-state index is 5.97. The fraction of sp³-hybridized carbons (Fsp3) is 0.292. The number of anilines is 1. The summed E-state index contributed by atoms with van der Waals surface area (Å²) in [7, 11) is 0. The number of para-hydroxylation sites is 1. The Morgan fingerprint density at radius 3 is 2.72 bits per heavy atom. The number of amidine groups is 1. The normalized spacial score (nSPS) is 18.5. The number of ether oxygens (including phenoxy) is 1. The van der Waals surface area contributed by atoms with Crippen LogP contribution in [0.1, 0.15) is 31.7 Å². The molecule has 5 heteroatoms. The summed E-state index contributed by atoms with van der Waals surface area (Å²) in [6.45, 7) is 4.23. The number of aryl methyl sites for hydroxylation is 1. The highest BCUT2D eigenvalue weighted by molar-refractivity contribution is 6.09. The molecule has 5 rings (SSSR count). The lowest BCUT2D eigenvalue weighted by molar-refractivity contribution is 0.445. The quantitative estimate of drug-likeness (QED) is 0.616. The molecule has 1 fully saturated rings. The number of nitrogens with one attached hydrogen (secondary N) is 1. The van der Waals surface area contributed by atoms with Crippen LogP contribution in [0.2, 0.25) is 0 Å². The van der Waals surface area contributed by atoms with Crippen LogP contribution in [0, 0.1) is 12.8 Å². The number of hydrogen-bond acceptors (Lipinski definition) is 5. The van der Waals surface area contributed by atoms with Crippen molar-refractivity contribution in [3.05, 3.63) is 65.7 Å². The highest BCUT2D eigenvalue weighted by Crippen LogP contribution is 2.41. The number of hydrogen-bond donors (Lipinski definition) is 1. The molecule has 0 unspecified atom stereocenters. The molecule has 0 amide bonds. The third-order valence-electron chi connectivity index (χ3n) is 5.45. The van der Waals surface area contributed by atoms with Crippen LogP contribution in [-0.2, 0) is 0 Å². The lowest BCUT2D eigenvalue weighted by Gasteiger charge is -2.11. The molecule has 1 aliphatic carbocycles. The van der Waals surface area contributed by atoms with Gasteiger partial charge in [-0.25, -0.2) is 0 Å². The second-order valence-electron chi connectivity index (χ2n) is 7.77. The van der Waals surface area contributed by atoms with Crippen LogP contribution in [0.3, 0.4) is 0 Å². The minimum Gasteiger partial charge on any atom is -0.424 e. The minimum absolute atomic E-state index is 0.293. The molecule has 1 N–H and O–H groups in total. The molecule has 146 valence electrons. The number of aliphatic imine (C=N–C) groups is 1. The van der Waals surface area contributed by atoms with Gasteiger partial charge in [0.2, 0.25) is 0 Å². The molecule has 0 saturated heterocycles. The summed E-state index contributed by atoms with van der Waals surface area (Å²) in [5.41, 5.74) is 3.43. The summed E-state index contributed by atoms with van der Waals surface area (Å²) in [5.74, 6) is 3.04. The van der Waals surface area contributed by atoms with Gasteiger partial charge in [-0.2, -0.15) is 9.97 Å². The van der Waals surface area contributed by atoms with Gasteiger partial charge in [-0.05, 0) is 73.6 Å². The molecule has 2 aliphatic rings. The average molecular weight is 384 g/mol. The lowest BCUT2D eigenvalue weighted by atomic mass is 10.0. The van der Waals surface area contributed by atoms with E-state index in [1.807, 2.05) is 55.5 Å². The van der Waals surface area contributed by atoms with Crippen molar-refractivity contribution in [2.75, 3.05) is 5.32 Å². The molecule has 1 aromatic heterocycles. The number of benzene rings is 2. The molecule has 0 spiro atoms. The monoisotopic (exact) mass is 384 g/mol. The Morgan fingerprint density at radius 2 is 1.93 bits per heavy atom. The molecule has 1 atom stereocenters. The summed E-state index contributed by atoms with van der Waals surface area (Å²) in [6, 6.07) is 16.5. The van der Waals surface area contributed by atoms with E-state index in [1.54, 1.807) is 0 Å². The van der Waals surface area contributed by atoms with Gasteiger partial charge >= 0.3 is 6.01 Å². The van der Waals surface area contributed by atoms with Gasteiger partial charge in [0.15, 0.2) is 0 Å². The van der Waals surface area contributed by atoms with Crippen molar-refractivity contribution in [3.8, 4) is 11.8 Å². The zero-order valence-electron chi connectivity index (χ0n) is 16.7. The molecule has 5 nitrogen and oxygen atoms in total. The van der Waals surface area contributed by atoms with Crippen LogP contribution in [0.4, 0.5) is 5.82 Å². The Kier molecular flexibility index (Phi) is 4.51. The number of fused-ring (bicyclic) bond motifs is 1. The highest BCUT2D eigenvalue weighted by atomic mass is 16.5.